The summed E-state index contributed by atoms with van der Waals surface area (Å²) in [6, 6.07) is 13.6. The topological polar surface area (TPSA) is 51.5 Å². The molecule has 3 aromatic rings. The molecule has 0 fully saturated rings. The molecule has 2 aromatic carbocycles. The summed E-state index contributed by atoms with van der Waals surface area (Å²) in [4.78, 5) is 27.0. The highest BCUT2D eigenvalue weighted by molar-refractivity contribution is 7.11. The Morgan fingerprint density at radius 3 is 2.61 bits per heavy atom. The highest BCUT2D eigenvalue weighted by Gasteiger charge is 2.21. The van der Waals surface area contributed by atoms with Gasteiger partial charge in [0.15, 0.2) is 0 Å². The number of thiazole rings is 1. The molecule has 146 valence electrons. The fourth-order valence-corrected chi connectivity index (χ4v) is 3.95. The lowest BCUT2D eigenvalue weighted by Crippen LogP contribution is -2.26. The third-order valence-electron chi connectivity index (χ3n) is 4.47. The number of hydrogen-bond acceptors (Lipinski definition) is 4. The Hall–Kier alpha value is -2.93. The molecule has 0 aliphatic rings. The molecule has 1 amide bonds. The van der Waals surface area contributed by atoms with Gasteiger partial charge >= 0.3 is 4.87 Å². The van der Waals surface area contributed by atoms with Gasteiger partial charge in [-0.2, -0.15) is 0 Å². The summed E-state index contributed by atoms with van der Waals surface area (Å²) in [6.45, 7) is 2.36. The average molecular weight is 400 g/mol. The first-order valence-electron chi connectivity index (χ1n) is 8.72. The molecular formula is C21H21FN2O3S. The van der Waals surface area contributed by atoms with Gasteiger partial charge in [-0.3, -0.25) is 14.2 Å². The summed E-state index contributed by atoms with van der Waals surface area (Å²) < 4.78 is 20.1. The smallest absolute Gasteiger partial charge is 0.308 e. The normalized spacial score (nSPS) is 10.7. The van der Waals surface area contributed by atoms with Gasteiger partial charge in [-0.05, 0) is 42.3 Å². The van der Waals surface area contributed by atoms with Crippen molar-refractivity contribution in [1.29, 1.82) is 0 Å². The van der Waals surface area contributed by atoms with Gasteiger partial charge in [0.1, 0.15) is 16.4 Å². The predicted molar refractivity (Wildman–Crippen MR) is 108 cm³/mol. The van der Waals surface area contributed by atoms with Gasteiger partial charge in [0.05, 0.1) is 13.7 Å². The first-order valence-corrected chi connectivity index (χ1v) is 9.53. The Kier molecular flexibility index (Phi) is 5.94. The van der Waals surface area contributed by atoms with E-state index in [9.17, 15) is 14.0 Å². The van der Waals surface area contributed by atoms with Crippen LogP contribution in [0.3, 0.4) is 0 Å². The SMILES string of the molecule is COc1cccc(CN(C)C(=O)c2sc(=O)n(Cc3cccc(F)c3)c2C)c1. The Balaban J connectivity index is 1.81. The van der Waals surface area contributed by atoms with Gasteiger partial charge in [-0.25, -0.2) is 4.39 Å². The molecule has 1 heterocycles. The Bertz CT molecular complexity index is 1060. The van der Waals surface area contributed by atoms with E-state index in [1.165, 1.54) is 16.7 Å². The molecule has 0 aliphatic carbocycles. The van der Waals surface area contributed by atoms with Crippen LogP contribution >= 0.6 is 11.3 Å². The van der Waals surface area contributed by atoms with Gasteiger partial charge in [-0.15, -0.1) is 0 Å². The molecule has 0 aliphatic heterocycles. The minimum atomic E-state index is -0.354. The molecule has 0 bridgehead atoms. The first-order chi connectivity index (χ1) is 13.4. The average Bonchev–Trinajstić information content (AvgIpc) is 2.95. The number of hydrogen-bond donors (Lipinski definition) is 0. The van der Waals surface area contributed by atoms with Crippen LogP contribution in [0.4, 0.5) is 4.39 Å². The summed E-state index contributed by atoms with van der Waals surface area (Å²) in [5, 5.41) is 0. The van der Waals surface area contributed by atoms with Crippen molar-refractivity contribution in [2.75, 3.05) is 14.2 Å². The summed E-state index contributed by atoms with van der Waals surface area (Å²) >= 11 is 0.917. The molecule has 1 aromatic heterocycles. The third-order valence-corrected chi connectivity index (χ3v) is 5.54. The van der Waals surface area contributed by atoms with Crippen LogP contribution < -0.4 is 9.61 Å². The van der Waals surface area contributed by atoms with Crippen molar-refractivity contribution in [3.63, 3.8) is 0 Å². The molecule has 3 rings (SSSR count). The molecule has 0 N–H and O–H groups in total. The number of halogens is 1. The maximum absolute atomic E-state index is 13.4. The van der Waals surface area contributed by atoms with Gasteiger partial charge in [0.25, 0.3) is 5.91 Å². The third kappa shape index (κ3) is 4.31. The molecule has 28 heavy (non-hydrogen) atoms. The Labute approximate surface area is 166 Å². The van der Waals surface area contributed by atoms with Gasteiger partial charge in [-0.1, -0.05) is 35.6 Å². The van der Waals surface area contributed by atoms with Crippen molar-refractivity contribution in [2.24, 2.45) is 0 Å². The van der Waals surface area contributed by atoms with Crippen LogP contribution in [-0.4, -0.2) is 29.5 Å². The second kappa shape index (κ2) is 8.39. The summed E-state index contributed by atoms with van der Waals surface area (Å²) in [5.41, 5.74) is 2.19. The van der Waals surface area contributed by atoms with Gasteiger partial charge in [0, 0.05) is 19.3 Å². The zero-order valence-electron chi connectivity index (χ0n) is 15.9. The monoisotopic (exact) mass is 400 g/mol. The van der Waals surface area contributed by atoms with Crippen molar-refractivity contribution in [3.05, 3.63) is 85.7 Å². The number of carbonyl (C=O) groups excluding carboxylic acids is 1. The summed E-state index contributed by atoms with van der Waals surface area (Å²) in [7, 11) is 3.29. The molecular weight excluding hydrogens is 379 g/mol. The predicted octanol–water partition coefficient (Wildman–Crippen LogP) is 3.69. The van der Waals surface area contributed by atoms with Crippen LogP contribution in [0, 0.1) is 12.7 Å². The van der Waals surface area contributed by atoms with E-state index in [4.69, 9.17) is 4.74 Å². The van der Waals surface area contributed by atoms with Crippen LogP contribution in [0.1, 0.15) is 26.5 Å². The van der Waals surface area contributed by atoms with E-state index in [-0.39, 0.29) is 23.1 Å². The largest absolute Gasteiger partial charge is 0.497 e. The summed E-state index contributed by atoms with van der Waals surface area (Å²) in [5.74, 6) is 0.147. The number of nitrogens with zero attached hydrogens (tertiary/aromatic N) is 2. The van der Waals surface area contributed by atoms with Crippen molar-refractivity contribution >= 4 is 17.2 Å². The standard InChI is InChI=1S/C21H21FN2O3S/c1-14-19(20(25)23(2)12-16-7-5-9-18(11-16)27-3)28-21(26)24(14)13-15-6-4-8-17(22)10-15/h4-11H,12-13H2,1-3H3. The highest BCUT2D eigenvalue weighted by Crippen LogP contribution is 2.19. The van der Waals surface area contributed by atoms with E-state index in [1.807, 2.05) is 24.3 Å². The second-order valence-electron chi connectivity index (χ2n) is 6.51. The molecule has 0 atom stereocenters. The molecule has 0 unspecified atom stereocenters. The Morgan fingerprint density at radius 2 is 1.89 bits per heavy atom. The van der Waals surface area contributed by atoms with E-state index in [1.54, 1.807) is 38.1 Å². The fourth-order valence-electron chi connectivity index (χ4n) is 2.97. The fraction of sp³-hybridized carbons (Fsp3) is 0.238. The first kappa shape index (κ1) is 19.8. The highest BCUT2D eigenvalue weighted by atomic mass is 32.1. The van der Waals surface area contributed by atoms with E-state index in [2.05, 4.69) is 0 Å². The quantitative estimate of drug-likeness (QED) is 0.634. The number of rotatable bonds is 6. The molecule has 7 heteroatoms. The van der Waals surface area contributed by atoms with Gasteiger partial charge < -0.3 is 9.64 Å². The lowest BCUT2D eigenvalue weighted by molar-refractivity contribution is 0.0788. The van der Waals surface area contributed by atoms with Crippen molar-refractivity contribution in [2.45, 2.75) is 20.0 Å². The molecule has 0 spiro atoms. The minimum Gasteiger partial charge on any atom is -0.497 e. The van der Waals surface area contributed by atoms with E-state index in [0.717, 1.165) is 22.6 Å². The maximum atomic E-state index is 13.4. The van der Waals surface area contributed by atoms with Gasteiger partial charge in [0.2, 0.25) is 0 Å². The Morgan fingerprint density at radius 1 is 1.18 bits per heavy atom. The van der Waals surface area contributed by atoms with Crippen LogP contribution in [0.15, 0.2) is 53.3 Å². The second-order valence-corrected chi connectivity index (χ2v) is 7.47. The van der Waals surface area contributed by atoms with Crippen molar-refractivity contribution in [3.8, 4) is 5.75 Å². The molecule has 0 radical (unpaired) electrons. The van der Waals surface area contributed by atoms with Crippen LogP contribution in [0.25, 0.3) is 0 Å². The molecule has 5 nitrogen and oxygen atoms in total. The zero-order valence-corrected chi connectivity index (χ0v) is 16.8. The van der Waals surface area contributed by atoms with Crippen LogP contribution in [0.5, 0.6) is 5.75 Å². The van der Waals surface area contributed by atoms with E-state index >= 15 is 0 Å². The molecule has 0 saturated carbocycles. The van der Waals surface area contributed by atoms with Crippen molar-refractivity contribution in [1.82, 2.24) is 9.47 Å². The minimum absolute atomic E-state index is 0.222. The lowest BCUT2D eigenvalue weighted by Gasteiger charge is -2.17. The zero-order chi connectivity index (χ0) is 20.3. The van der Waals surface area contributed by atoms with Crippen LogP contribution in [-0.2, 0) is 13.1 Å². The molecule has 0 saturated heterocycles. The lowest BCUT2D eigenvalue weighted by atomic mass is 10.2. The van der Waals surface area contributed by atoms with E-state index in [0.29, 0.717) is 22.7 Å². The summed E-state index contributed by atoms with van der Waals surface area (Å²) in [6.07, 6.45) is 0. The number of benzene rings is 2. The van der Waals surface area contributed by atoms with E-state index < -0.39 is 0 Å². The number of amides is 1. The van der Waals surface area contributed by atoms with Crippen molar-refractivity contribution < 1.29 is 13.9 Å². The number of ether oxygens (including phenoxy) is 1. The number of methoxy groups -OCH3 is 1. The number of aromatic nitrogens is 1. The number of carbonyl (C=O) groups is 1. The maximum Gasteiger partial charge on any atom is 0.308 e. The van der Waals surface area contributed by atoms with Crippen LogP contribution in [0.2, 0.25) is 0 Å².